The molecule has 0 aliphatic heterocycles. The second kappa shape index (κ2) is 7.65. The second-order valence-corrected chi connectivity index (χ2v) is 5.01. The predicted octanol–water partition coefficient (Wildman–Crippen LogP) is 2.87. The molecule has 0 saturated heterocycles. The van der Waals surface area contributed by atoms with Crippen LogP contribution in [0.15, 0.2) is 42.5 Å². The highest BCUT2D eigenvalue weighted by molar-refractivity contribution is 5.92. The lowest BCUT2D eigenvalue weighted by Gasteiger charge is -2.21. The standard InChI is InChI=1S/C18H21NO4/c1-12-14(18(20)22-3)9-10-15(17(12)21-2)23-16(11-19)13-7-5-4-6-8-13/h4-10,16H,11,19H2,1-3H3/t16-/m0/s1. The Hall–Kier alpha value is -2.53. The molecule has 0 aliphatic carbocycles. The van der Waals surface area contributed by atoms with Gasteiger partial charge >= 0.3 is 5.97 Å². The number of esters is 1. The van der Waals surface area contributed by atoms with Gasteiger partial charge in [-0.15, -0.1) is 0 Å². The summed E-state index contributed by atoms with van der Waals surface area (Å²) in [4.78, 5) is 11.8. The summed E-state index contributed by atoms with van der Waals surface area (Å²) in [6, 6.07) is 13.1. The van der Waals surface area contributed by atoms with E-state index in [0.29, 0.717) is 29.2 Å². The van der Waals surface area contributed by atoms with Crippen molar-refractivity contribution < 1.29 is 19.0 Å². The summed E-state index contributed by atoms with van der Waals surface area (Å²) in [6.45, 7) is 2.11. The Morgan fingerprint density at radius 3 is 2.39 bits per heavy atom. The molecule has 0 amide bonds. The van der Waals surface area contributed by atoms with Gasteiger partial charge in [0.2, 0.25) is 0 Å². The van der Waals surface area contributed by atoms with E-state index in [1.54, 1.807) is 19.1 Å². The SMILES string of the molecule is COC(=O)c1ccc(O[C@@H](CN)c2ccccc2)c(OC)c1C. The molecule has 23 heavy (non-hydrogen) atoms. The first-order valence-electron chi connectivity index (χ1n) is 7.30. The van der Waals surface area contributed by atoms with Crippen molar-refractivity contribution in [2.75, 3.05) is 20.8 Å². The first kappa shape index (κ1) is 16.8. The second-order valence-electron chi connectivity index (χ2n) is 5.01. The number of carbonyl (C=O) groups is 1. The van der Waals surface area contributed by atoms with Crippen LogP contribution in [0.2, 0.25) is 0 Å². The normalized spacial score (nSPS) is 11.7. The Bertz CT molecular complexity index is 670. The van der Waals surface area contributed by atoms with Gasteiger partial charge in [-0.25, -0.2) is 4.79 Å². The zero-order valence-electron chi connectivity index (χ0n) is 13.5. The lowest BCUT2D eigenvalue weighted by Crippen LogP contribution is -2.19. The maximum absolute atomic E-state index is 11.8. The quantitative estimate of drug-likeness (QED) is 0.830. The summed E-state index contributed by atoms with van der Waals surface area (Å²) in [5.41, 5.74) is 7.93. The van der Waals surface area contributed by atoms with Crippen LogP contribution in [0.5, 0.6) is 11.5 Å². The van der Waals surface area contributed by atoms with Gasteiger partial charge in [0, 0.05) is 12.1 Å². The highest BCUT2D eigenvalue weighted by atomic mass is 16.5. The van der Waals surface area contributed by atoms with Crippen LogP contribution in [0, 0.1) is 6.92 Å². The zero-order chi connectivity index (χ0) is 16.8. The molecule has 5 nitrogen and oxygen atoms in total. The average Bonchev–Trinajstić information content (AvgIpc) is 2.60. The monoisotopic (exact) mass is 315 g/mol. The van der Waals surface area contributed by atoms with Crippen molar-refractivity contribution in [1.82, 2.24) is 0 Å². The Morgan fingerprint density at radius 2 is 1.83 bits per heavy atom. The molecule has 5 heteroatoms. The molecule has 122 valence electrons. The predicted molar refractivity (Wildman–Crippen MR) is 87.9 cm³/mol. The first-order valence-corrected chi connectivity index (χ1v) is 7.30. The molecule has 0 fully saturated rings. The van der Waals surface area contributed by atoms with E-state index in [1.807, 2.05) is 30.3 Å². The smallest absolute Gasteiger partial charge is 0.338 e. The van der Waals surface area contributed by atoms with Crippen LogP contribution in [0.3, 0.4) is 0 Å². The van der Waals surface area contributed by atoms with Crippen molar-refractivity contribution in [3.63, 3.8) is 0 Å². The van der Waals surface area contributed by atoms with Crippen LogP contribution in [0.25, 0.3) is 0 Å². The topological polar surface area (TPSA) is 70.8 Å². The highest BCUT2D eigenvalue weighted by Crippen LogP contribution is 2.36. The van der Waals surface area contributed by atoms with Crippen LogP contribution < -0.4 is 15.2 Å². The maximum atomic E-state index is 11.8. The third kappa shape index (κ3) is 3.63. The number of benzene rings is 2. The molecule has 2 aromatic rings. The third-order valence-electron chi connectivity index (χ3n) is 3.63. The fraction of sp³-hybridized carbons (Fsp3) is 0.278. The number of rotatable bonds is 6. The van der Waals surface area contributed by atoms with E-state index in [2.05, 4.69) is 0 Å². The Labute approximate surface area is 136 Å². The van der Waals surface area contributed by atoms with Crippen LogP contribution >= 0.6 is 0 Å². The van der Waals surface area contributed by atoms with Crippen molar-refractivity contribution >= 4 is 5.97 Å². The van der Waals surface area contributed by atoms with Gasteiger partial charge in [-0.1, -0.05) is 30.3 Å². The molecule has 0 aliphatic rings. The lowest BCUT2D eigenvalue weighted by molar-refractivity contribution is 0.0599. The van der Waals surface area contributed by atoms with Crippen LogP contribution in [0.4, 0.5) is 0 Å². The summed E-state index contributed by atoms with van der Waals surface area (Å²) in [5.74, 6) is 0.630. The summed E-state index contributed by atoms with van der Waals surface area (Å²) in [7, 11) is 2.88. The molecule has 1 atom stereocenters. The molecule has 0 saturated carbocycles. The van der Waals surface area contributed by atoms with E-state index >= 15 is 0 Å². The number of hydrogen-bond donors (Lipinski definition) is 1. The van der Waals surface area contributed by atoms with Crippen LogP contribution in [0.1, 0.15) is 27.6 Å². The molecule has 0 radical (unpaired) electrons. The number of nitrogens with two attached hydrogens (primary N) is 1. The minimum Gasteiger partial charge on any atom is -0.493 e. The van der Waals surface area contributed by atoms with E-state index in [9.17, 15) is 4.79 Å². The summed E-state index contributed by atoms with van der Waals surface area (Å²) < 4.78 is 16.2. The number of carbonyl (C=O) groups excluding carboxylic acids is 1. The average molecular weight is 315 g/mol. The Balaban J connectivity index is 2.36. The largest absolute Gasteiger partial charge is 0.493 e. The van der Waals surface area contributed by atoms with E-state index in [4.69, 9.17) is 19.9 Å². The number of ether oxygens (including phenoxy) is 3. The van der Waals surface area contributed by atoms with Gasteiger partial charge in [-0.3, -0.25) is 0 Å². The van der Waals surface area contributed by atoms with Crippen molar-refractivity contribution in [2.45, 2.75) is 13.0 Å². The Morgan fingerprint density at radius 1 is 1.13 bits per heavy atom. The summed E-state index contributed by atoms with van der Waals surface area (Å²) >= 11 is 0. The fourth-order valence-electron chi connectivity index (χ4n) is 2.42. The van der Waals surface area contributed by atoms with Crippen LogP contribution in [-0.2, 0) is 4.74 Å². The molecule has 2 aromatic carbocycles. The maximum Gasteiger partial charge on any atom is 0.338 e. The minimum atomic E-state index is -0.411. The molecule has 0 spiro atoms. The van der Waals surface area contributed by atoms with E-state index in [1.165, 1.54) is 14.2 Å². The number of hydrogen-bond acceptors (Lipinski definition) is 5. The Kier molecular flexibility index (Phi) is 5.60. The molecule has 2 rings (SSSR count). The lowest BCUT2D eigenvalue weighted by atomic mass is 10.1. The van der Waals surface area contributed by atoms with Gasteiger partial charge in [-0.05, 0) is 24.6 Å². The summed E-state index contributed by atoms with van der Waals surface area (Å²) in [6.07, 6.45) is -0.298. The van der Waals surface area contributed by atoms with Gasteiger partial charge in [0.1, 0.15) is 6.10 Å². The molecule has 0 bridgehead atoms. The van der Waals surface area contributed by atoms with Crippen molar-refractivity contribution in [3.05, 3.63) is 59.2 Å². The number of methoxy groups -OCH3 is 2. The zero-order valence-corrected chi connectivity index (χ0v) is 13.5. The van der Waals surface area contributed by atoms with E-state index in [-0.39, 0.29) is 6.10 Å². The van der Waals surface area contributed by atoms with Gasteiger partial charge < -0.3 is 19.9 Å². The van der Waals surface area contributed by atoms with Gasteiger partial charge in [-0.2, -0.15) is 0 Å². The minimum absolute atomic E-state index is 0.298. The van der Waals surface area contributed by atoms with Crippen molar-refractivity contribution in [1.29, 1.82) is 0 Å². The van der Waals surface area contributed by atoms with Gasteiger partial charge in [0.25, 0.3) is 0 Å². The van der Waals surface area contributed by atoms with Crippen molar-refractivity contribution in [3.8, 4) is 11.5 Å². The summed E-state index contributed by atoms with van der Waals surface area (Å²) in [5, 5.41) is 0. The molecule has 2 N–H and O–H groups in total. The fourth-order valence-corrected chi connectivity index (χ4v) is 2.42. The molecule has 0 unspecified atom stereocenters. The first-order chi connectivity index (χ1) is 11.1. The highest BCUT2D eigenvalue weighted by Gasteiger charge is 2.20. The van der Waals surface area contributed by atoms with E-state index < -0.39 is 5.97 Å². The van der Waals surface area contributed by atoms with Crippen molar-refractivity contribution in [2.24, 2.45) is 5.73 Å². The van der Waals surface area contributed by atoms with Gasteiger partial charge in [0.05, 0.1) is 19.8 Å². The molecule has 0 heterocycles. The third-order valence-corrected chi connectivity index (χ3v) is 3.63. The van der Waals surface area contributed by atoms with Gasteiger partial charge in [0.15, 0.2) is 11.5 Å². The molecule has 0 aromatic heterocycles. The molecular formula is C18H21NO4. The van der Waals surface area contributed by atoms with Crippen LogP contribution in [-0.4, -0.2) is 26.7 Å². The molecular weight excluding hydrogens is 294 g/mol. The van der Waals surface area contributed by atoms with E-state index in [0.717, 1.165) is 5.56 Å².